The minimum atomic E-state index is -4.00. The fourth-order valence-electron chi connectivity index (χ4n) is 2.93. The number of fused-ring (bicyclic) bond motifs is 1. The predicted molar refractivity (Wildman–Crippen MR) is 99.6 cm³/mol. The lowest BCUT2D eigenvalue weighted by atomic mass is 10.2. The van der Waals surface area contributed by atoms with Gasteiger partial charge in [0.15, 0.2) is 6.10 Å². The van der Waals surface area contributed by atoms with Gasteiger partial charge in [0.25, 0.3) is 5.91 Å². The number of rotatable bonds is 6. The number of sulfonamides is 1. The molecule has 1 heterocycles. The molecule has 28 heavy (non-hydrogen) atoms. The summed E-state index contributed by atoms with van der Waals surface area (Å²) in [6.45, 7) is 1.29. The van der Waals surface area contributed by atoms with Crippen LogP contribution in [0.5, 0.6) is 0 Å². The molecule has 2 aromatic rings. The summed E-state index contributed by atoms with van der Waals surface area (Å²) in [5.41, 5.74) is 1.83. The molecule has 0 bridgehead atoms. The van der Waals surface area contributed by atoms with Gasteiger partial charge in [0.1, 0.15) is 12.4 Å². The zero-order valence-corrected chi connectivity index (χ0v) is 15.9. The minimum absolute atomic E-state index is 0.181. The molecule has 0 spiro atoms. The zero-order chi connectivity index (χ0) is 20.3. The van der Waals surface area contributed by atoms with Gasteiger partial charge in [-0.2, -0.15) is 4.72 Å². The van der Waals surface area contributed by atoms with Gasteiger partial charge in [0.2, 0.25) is 10.0 Å². The molecule has 1 aliphatic heterocycles. The number of carbonyl (C=O) groups excluding carboxylic acids is 2. The van der Waals surface area contributed by atoms with Crippen molar-refractivity contribution in [2.45, 2.75) is 24.3 Å². The quantitative estimate of drug-likeness (QED) is 0.736. The lowest BCUT2D eigenvalue weighted by Gasteiger charge is -2.21. The van der Waals surface area contributed by atoms with Crippen LogP contribution in [-0.2, 0) is 30.8 Å². The fourth-order valence-corrected chi connectivity index (χ4v) is 3.90. The van der Waals surface area contributed by atoms with Crippen molar-refractivity contribution in [3.05, 3.63) is 59.9 Å². The second-order valence-electron chi connectivity index (χ2n) is 6.28. The maximum absolute atomic E-state index is 12.9. The third kappa shape index (κ3) is 4.37. The molecular formula is C19H19FN2O5S. The third-order valence-electron chi connectivity index (χ3n) is 4.34. The Bertz CT molecular complexity index is 992. The molecule has 0 unspecified atom stereocenters. The van der Waals surface area contributed by atoms with Gasteiger partial charge in [0, 0.05) is 12.2 Å². The van der Waals surface area contributed by atoms with Crippen LogP contribution in [0.15, 0.2) is 53.4 Å². The van der Waals surface area contributed by atoms with Crippen LogP contribution in [-0.4, -0.2) is 39.5 Å². The normalized spacial score (nSPS) is 14.4. The third-order valence-corrected chi connectivity index (χ3v) is 5.76. The highest BCUT2D eigenvalue weighted by atomic mass is 32.2. The summed E-state index contributed by atoms with van der Waals surface area (Å²) in [5, 5.41) is 0. The van der Waals surface area contributed by atoms with Crippen molar-refractivity contribution >= 4 is 27.6 Å². The standard InChI is InChI=1S/C19H19FN2O5S/c1-13(19(24)22-11-10-14-4-2-3-5-17(14)22)27-18(23)12-21-28(25,26)16-8-6-15(20)7-9-16/h2-9,13,21H,10-12H2,1H3/t13-/m1/s1. The molecule has 1 amide bonds. The van der Waals surface area contributed by atoms with Crippen molar-refractivity contribution in [1.82, 2.24) is 4.72 Å². The van der Waals surface area contributed by atoms with Gasteiger partial charge < -0.3 is 9.64 Å². The molecule has 0 saturated carbocycles. The van der Waals surface area contributed by atoms with E-state index in [2.05, 4.69) is 4.72 Å². The predicted octanol–water partition coefficient (Wildman–Crippen LogP) is 1.62. The number of esters is 1. The molecule has 148 valence electrons. The van der Waals surface area contributed by atoms with E-state index in [0.717, 1.165) is 41.9 Å². The summed E-state index contributed by atoms with van der Waals surface area (Å²) in [5.74, 6) is -1.84. The largest absolute Gasteiger partial charge is 0.452 e. The Morgan fingerprint density at radius 3 is 2.57 bits per heavy atom. The number of para-hydroxylation sites is 1. The second-order valence-corrected chi connectivity index (χ2v) is 8.05. The summed E-state index contributed by atoms with van der Waals surface area (Å²) >= 11 is 0. The molecule has 1 aliphatic rings. The van der Waals surface area contributed by atoms with Crippen molar-refractivity contribution in [3.63, 3.8) is 0 Å². The Morgan fingerprint density at radius 1 is 1.18 bits per heavy atom. The summed E-state index contributed by atoms with van der Waals surface area (Å²) < 4.78 is 44.2. The van der Waals surface area contributed by atoms with Crippen LogP contribution >= 0.6 is 0 Å². The molecule has 0 radical (unpaired) electrons. The van der Waals surface area contributed by atoms with Crippen molar-refractivity contribution in [2.24, 2.45) is 0 Å². The van der Waals surface area contributed by atoms with E-state index in [1.807, 2.05) is 24.3 Å². The van der Waals surface area contributed by atoms with E-state index in [4.69, 9.17) is 4.74 Å². The average molecular weight is 406 g/mol. The lowest BCUT2D eigenvalue weighted by molar-refractivity contribution is -0.152. The SMILES string of the molecule is C[C@@H](OC(=O)CNS(=O)(=O)c1ccc(F)cc1)C(=O)N1CCc2ccccc21. The lowest BCUT2D eigenvalue weighted by Crippen LogP contribution is -2.41. The molecule has 0 aromatic heterocycles. The Labute approximate surface area is 162 Å². The number of benzene rings is 2. The fraction of sp³-hybridized carbons (Fsp3) is 0.263. The van der Waals surface area contributed by atoms with Gasteiger partial charge >= 0.3 is 5.97 Å². The van der Waals surface area contributed by atoms with Crippen molar-refractivity contribution < 1.29 is 27.1 Å². The first-order valence-electron chi connectivity index (χ1n) is 8.62. The first-order chi connectivity index (χ1) is 13.3. The molecule has 0 saturated heterocycles. The number of hydrogen-bond acceptors (Lipinski definition) is 5. The highest BCUT2D eigenvalue weighted by Gasteiger charge is 2.30. The number of anilines is 1. The molecular weight excluding hydrogens is 387 g/mol. The van der Waals surface area contributed by atoms with Crippen LogP contribution in [0.1, 0.15) is 12.5 Å². The maximum atomic E-state index is 12.9. The van der Waals surface area contributed by atoms with Gasteiger partial charge in [-0.25, -0.2) is 12.8 Å². The molecule has 1 N–H and O–H groups in total. The van der Waals surface area contributed by atoms with Gasteiger partial charge in [0.05, 0.1) is 4.90 Å². The van der Waals surface area contributed by atoms with Crippen LogP contribution in [0.25, 0.3) is 0 Å². The van der Waals surface area contributed by atoms with Gasteiger partial charge in [-0.1, -0.05) is 18.2 Å². The highest BCUT2D eigenvalue weighted by molar-refractivity contribution is 7.89. The summed E-state index contributed by atoms with van der Waals surface area (Å²) in [6.07, 6.45) is -0.339. The number of nitrogens with one attached hydrogen (secondary N) is 1. The van der Waals surface area contributed by atoms with E-state index >= 15 is 0 Å². The van der Waals surface area contributed by atoms with E-state index in [-0.39, 0.29) is 10.8 Å². The first-order valence-corrected chi connectivity index (χ1v) is 10.1. The number of halogens is 1. The Morgan fingerprint density at radius 2 is 1.86 bits per heavy atom. The highest BCUT2D eigenvalue weighted by Crippen LogP contribution is 2.28. The van der Waals surface area contributed by atoms with E-state index in [1.165, 1.54) is 6.92 Å². The van der Waals surface area contributed by atoms with Gasteiger partial charge in [-0.05, 0) is 49.2 Å². The number of hydrogen-bond donors (Lipinski definition) is 1. The van der Waals surface area contributed by atoms with Crippen LogP contribution in [0.4, 0.5) is 10.1 Å². The van der Waals surface area contributed by atoms with Crippen LogP contribution in [0, 0.1) is 5.82 Å². The number of ether oxygens (including phenoxy) is 1. The number of amides is 1. The Hall–Kier alpha value is -2.78. The molecule has 1 atom stereocenters. The van der Waals surface area contributed by atoms with Crippen LogP contribution in [0.3, 0.4) is 0 Å². The van der Waals surface area contributed by atoms with E-state index in [1.54, 1.807) is 4.90 Å². The monoisotopic (exact) mass is 406 g/mol. The van der Waals surface area contributed by atoms with Crippen molar-refractivity contribution in [1.29, 1.82) is 0 Å². The first kappa shape index (κ1) is 20.0. The maximum Gasteiger partial charge on any atom is 0.321 e. The smallest absolute Gasteiger partial charge is 0.321 e. The Balaban J connectivity index is 1.56. The second kappa shape index (κ2) is 8.07. The molecule has 2 aromatic carbocycles. The number of carbonyl (C=O) groups is 2. The van der Waals surface area contributed by atoms with Crippen LogP contribution in [0.2, 0.25) is 0 Å². The zero-order valence-electron chi connectivity index (χ0n) is 15.1. The van der Waals surface area contributed by atoms with E-state index < -0.39 is 34.5 Å². The summed E-state index contributed by atoms with van der Waals surface area (Å²) in [6, 6.07) is 11.6. The molecule has 7 nitrogen and oxygen atoms in total. The van der Waals surface area contributed by atoms with Crippen molar-refractivity contribution in [3.8, 4) is 0 Å². The van der Waals surface area contributed by atoms with Crippen LogP contribution < -0.4 is 9.62 Å². The van der Waals surface area contributed by atoms with E-state index in [9.17, 15) is 22.4 Å². The van der Waals surface area contributed by atoms with E-state index in [0.29, 0.717) is 6.54 Å². The Kier molecular flexibility index (Phi) is 5.76. The molecule has 0 aliphatic carbocycles. The summed E-state index contributed by atoms with van der Waals surface area (Å²) in [4.78, 5) is 25.9. The average Bonchev–Trinajstić information content (AvgIpc) is 3.10. The molecule has 0 fully saturated rings. The van der Waals surface area contributed by atoms with Gasteiger partial charge in [-0.15, -0.1) is 0 Å². The van der Waals surface area contributed by atoms with Crippen molar-refractivity contribution in [2.75, 3.05) is 18.0 Å². The summed E-state index contributed by atoms with van der Waals surface area (Å²) in [7, 11) is -4.00. The molecule has 3 rings (SSSR count). The molecule has 9 heteroatoms. The van der Waals surface area contributed by atoms with Gasteiger partial charge in [-0.3, -0.25) is 9.59 Å². The minimum Gasteiger partial charge on any atom is -0.452 e. The topological polar surface area (TPSA) is 92.8 Å². The number of nitrogens with zero attached hydrogens (tertiary/aromatic N) is 1.